The SMILES string of the molecule is CCCCCCCCCCCCOC(CO)(OCCCCCCCCCCCC)C(NC1CCCCC1)(OCCCCCCCCCCCC)OCCCCCCCCCCCC. The van der Waals surface area contributed by atoms with Crippen LogP contribution in [-0.2, 0) is 18.9 Å². The Morgan fingerprint density at radius 3 is 0.825 bits per heavy atom. The second kappa shape index (κ2) is 46.9. The quantitative estimate of drug-likeness (QED) is 0.0468. The maximum Gasteiger partial charge on any atom is 0.287 e. The minimum Gasteiger partial charge on any atom is -0.390 e. The number of unbranched alkanes of at least 4 members (excludes halogenated alkanes) is 36. The van der Waals surface area contributed by atoms with Gasteiger partial charge in [0.2, 0.25) is 0 Å². The van der Waals surface area contributed by atoms with Crippen molar-refractivity contribution < 1.29 is 24.1 Å². The molecule has 0 heterocycles. The first-order chi connectivity index (χ1) is 31.1. The van der Waals surface area contributed by atoms with Crippen LogP contribution in [0.4, 0.5) is 0 Å². The van der Waals surface area contributed by atoms with Gasteiger partial charge in [-0.05, 0) is 38.5 Å². The summed E-state index contributed by atoms with van der Waals surface area (Å²) in [5, 5.41) is 15.6. The third-order valence-electron chi connectivity index (χ3n) is 14.0. The van der Waals surface area contributed by atoms with Crippen LogP contribution in [0.25, 0.3) is 0 Å². The molecule has 1 aliphatic carbocycles. The van der Waals surface area contributed by atoms with E-state index in [1.807, 2.05) is 0 Å². The highest BCUT2D eigenvalue weighted by molar-refractivity contribution is 4.92. The van der Waals surface area contributed by atoms with Crippen LogP contribution >= 0.6 is 0 Å². The molecular formula is C57H115NO5. The lowest BCUT2D eigenvalue weighted by atomic mass is 9.94. The fraction of sp³-hybridized carbons (Fsp3) is 1.00. The van der Waals surface area contributed by atoms with Crippen molar-refractivity contribution in [2.75, 3.05) is 33.0 Å². The second-order valence-corrected chi connectivity index (χ2v) is 20.1. The van der Waals surface area contributed by atoms with E-state index in [2.05, 4.69) is 33.0 Å². The highest BCUT2D eigenvalue weighted by Gasteiger charge is 2.58. The summed E-state index contributed by atoms with van der Waals surface area (Å²) in [4.78, 5) is 0. The van der Waals surface area contributed by atoms with Gasteiger partial charge in [-0.2, -0.15) is 0 Å². The van der Waals surface area contributed by atoms with E-state index >= 15 is 0 Å². The molecule has 6 nitrogen and oxygen atoms in total. The number of ether oxygens (including phenoxy) is 4. The number of aliphatic hydroxyl groups is 1. The predicted octanol–water partition coefficient (Wildman–Crippen LogP) is 18.0. The minimum absolute atomic E-state index is 0.243. The lowest BCUT2D eigenvalue weighted by molar-refractivity contribution is -0.431. The number of rotatable bonds is 52. The van der Waals surface area contributed by atoms with E-state index in [1.165, 1.54) is 225 Å². The Balaban J connectivity index is 3.13. The van der Waals surface area contributed by atoms with Gasteiger partial charge in [0.15, 0.2) is 0 Å². The van der Waals surface area contributed by atoms with Crippen LogP contribution in [0, 0.1) is 0 Å². The minimum atomic E-state index is -1.43. The third kappa shape index (κ3) is 33.8. The van der Waals surface area contributed by atoms with Gasteiger partial charge in [-0.1, -0.05) is 278 Å². The van der Waals surface area contributed by atoms with Gasteiger partial charge in [0.25, 0.3) is 11.7 Å². The van der Waals surface area contributed by atoms with Crippen LogP contribution < -0.4 is 5.32 Å². The van der Waals surface area contributed by atoms with Gasteiger partial charge in [0, 0.05) is 6.04 Å². The summed E-state index contributed by atoms with van der Waals surface area (Å²) in [5.41, 5.74) is 0. The average Bonchev–Trinajstić information content (AvgIpc) is 3.30. The zero-order chi connectivity index (χ0) is 45.5. The fourth-order valence-corrected chi connectivity index (χ4v) is 9.66. The smallest absolute Gasteiger partial charge is 0.287 e. The molecule has 378 valence electrons. The van der Waals surface area contributed by atoms with Crippen LogP contribution in [-0.4, -0.2) is 55.9 Å². The molecule has 0 atom stereocenters. The fourth-order valence-electron chi connectivity index (χ4n) is 9.66. The van der Waals surface area contributed by atoms with Crippen LogP contribution in [0.5, 0.6) is 0 Å². The molecule has 0 saturated heterocycles. The Hall–Kier alpha value is -0.240. The maximum atomic E-state index is 11.7. The molecule has 0 spiro atoms. The molecule has 0 aromatic rings. The molecule has 1 rings (SSSR count). The summed E-state index contributed by atoms with van der Waals surface area (Å²) in [5.74, 6) is -2.79. The van der Waals surface area contributed by atoms with Crippen molar-refractivity contribution in [3.05, 3.63) is 0 Å². The third-order valence-corrected chi connectivity index (χ3v) is 14.0. The highest BCUT2D eigenvalue weighted by atomic mass is 16.8. The molecule has 1 aliphatic rings. The Labute approximate surface area is 395 Å². The summed E-state index contributed by atoms with van der Waals surface area (Å²) in [7, 11) is 0. The summed E-state index contributed by atoms with van der Waals surface area (Å²) < 4.78 is 28.2. The first-order valence-corrected chi connectivity index (χ1v) is 29.1. The van der Waals surface area contributed by atoms with Crippen molar-refractivity contribution in [3.8, 4) is 0 Å². The predicted molar refractivity (Wildman–Crippen MR) is 274 cm³/mol. The van der Waals surface area contributed by atoms with E-state index in [4.69, 9.17) is 18.9 Å². The molecule has 2 N–H and O–H groups in total. The standard InChI is InChI=1S/C57H115NO5/c1-5-9-13-17-21-25-29-33-37-44-50-60-56(54-59,61-51-45-38-34-30-26-22-18-14-10-6-2)57(58-55-48-42-41-43-49-55,62-52-46-39-35-31-27-23-19-15-11-7-3)63-53-47-40-36-32-28-24-20-16-12-8-4/h55,58-59H,5-54H2,1-4H3. The van der Waals surface area contributed by atoms with Gasteiger partial charge in [0.05, 0.1) is 26.4 Å². The number of hydrogen-bond donors (Lipinski definition) is 2. The average molecular weight is 895 g/mol. The van der Waals surface area contributed by atoms with Crippen molar-refractivity contribution in [2.45, 2.75) is 334 Å². The van der Waals surface area contributed by atoms with Crippen LogP contribution in [0.15, 0.2) is 0 Å². The van der Waals surface area contributed by atoms with Gasteiger partial charge in [-0.25, -0.2) is 0 Å². The molecule has 0 aromatic carbocycles. The second-order valence-electron chi connectivity index (χ2n) is 20.1. The Morgan fingerprint density at radius 2 is 0.571 bits per heavy atom. The van der Waals surface area contributed by atoms with Gasteiger partial charge in [-0.15, -0.1) is 0 Å². The largest absolute Gasteiger partial charge is 0.390 e. The van der Waals surface area contributed by atoms with E-state index in [-0.39, 0.29) is 12.6 Å². The van der Waals surface area contributed by atoms with Crippen molar-refractivity contribution in [1.29, 1.82) is 0 Å². The molecule has 6 heteroatoms. The van der Waals surface area contributed by atoms with E-state index < -0.39 is 11.7 Å². The van der Waals surface area contributed by atoms with Crippen LogP contribution in [0.2, 0.25) is 0 Å². The molecule has 1 fully saturated rings. The molecule has 1 saturated carbocycles. The zero-order valence-corrected chi connectivity index (χ0v) is 43.5. The van der Waals surface area contributed by atoms with Gasteiger partial charge < -0.3 is 24.1 Å². The maximum absolute atomic E-state index is 11.7. The first kappa shape index (κ1) is 60.8. The van der Waals surface area contributed by atoms with Crippen molar-refractivity contribution in [3.63, 3.8) is 0 Å². The van der Waals surface area contributed by atoms with E-state index in [0.29, 0.717) is 26.4 Å². The van der Waals surface area contributed by atoms with Crippen LogP contribution in [0.1, 0.15) is 317 Å². The lowest BCUT2D eigenvalue weighted by Gasteiger charge is -2.49. The van der Waals surface area contributed by atoms with E-state index in [0.717, 1.165) is 64.2 Å². The Bertz CT molecular complexity index is 829. The number of hydrogen-bond acceptors (Lipinski definition) is 6. The molecule has 0 radical (unpaired) electrons. The van der Waals surface area contributed by atoms with Gasteiger partial charge in [0.1, 0.15) is 6.61 Å². The lowest BCUT2D eigenvalue weighted by Crippen LogP contribution is -2.72. The Kier molecular flexibility index (Phi) is 45.2. The molecule has 0 aromatic heterocycles. The van der Waals surface area contributed by atoms with Crippen molar-refractivity contribution >= 4 is 0 Å². The zero-order valence-electron chi connectivity index (χ0n) is 43.5. The van der Waals surface area contributed by atoms with Crippen LogP contribution in [0.3, 0.4) is 0 Å². The normalized spacial score (nSPS) is 14.0. The number of aliphatic hydroxyl groups excluding tert-OH is 1. The van der Waals surface area contributed by atoms with Gasteiger partial charge >= 0.3 is 0 Å². The molecule has 0 aliphatic heterocycles. The van der Waals surface area contributed by atoms with Crippen molar-refractivity contribution in [1.82, 2.24) is 5.32 Å². The number of nitrogens with one attached hydrogen (secondary N) is 1. The molecular weight excluding hydrogens is 779 g/mol. The molecule has 0 unspecified atom stereocenters. The molecule has 0 bridgehead atoms. The monoisotopic (exact) mass is 894 g/mol. The Morgan fingerprint density at radius 1 is 0.333 bits per heavy atom. The van der Waals surface area contributed by atoms with Gasteiger partial charge in [-0.3, -0.25) is 5.32 Å². The molecule has 0 amide bonds. The summed E-state index contributed by atoms with van der Waals surface area (Å²) in [6.07, 6.45) is 57.0. The van der Waals surface area contributed by atoms with E-state index in [1.54, 1.807) is 0 Å². The van der Waals surface area contributed by atoms with E-state index in [9.17, 15) is 5.11 Å². The summed E-state index contributed by atoms with van der Waals surface area (Å²) >= 11 is 0. The molecule has 63 heavy (non-hydrogen) atoms. The topological polar surface area (TPSA) is 69.2 Å². The highest BCUT2D eigenvalue weighted by Crippen LogP contribution is 2.35. The van der Waals surface area contributed by atoms with Crippen molar-refractivity contribution in [2.24, 2.45) is 0 Å². The summed E-state index contributed by atoms with van der Waals surface area (Å²) in [6.45, 7) is 11.1. The first-order valence-electron chi connectivity index (χ1n) is 29.1. The summed E-state index contributed by atoms with van der Waals surface area (Å²) in [6, 6.07) is 0.243.